The van der Waals surface area contributed by atoms with Crippen LogP contribution in [0.4, 0.5) is 54.6 Å². The molecule has 3 aliphatic rings. The normalized spacial score (nSPS) is 16.8. The summed E-state index contributed by atoms with van der Waals surface area (Å²) in [6.45, 7) is 8.79. The Morgan fingerprint density at radius 2 is 1.35 bits per heavy atom. The Bertz CT molecular complexity index is 4370. The highest BCUT2D eigenvalue weighted by Crippen LogP contribution is 2.49. The maximum absolute atomic E-state index is 17.0. The highest BCUT2D eigenvalue weighted by atomic mass is 31.2. The second-order valence-electron chi connectivity index (χ2n) is 30.8. The number of hydrogen-bond acceptors (Lipinski definition) is 18. The summed E-state index contributed by atoms with van der Waals surface area (Å²) in [5.74, 6) is -9.88. The average molecular weight is 1640 g/mol. The van der Waals surface area contributed by atoms with Crippen LogP contribution in [0.25, 0.3) is 11.3 Å². The van der Waals surface area contributed by atoms with Crippen molar-refractivity contribution in [2.75, 3.05) is 52.0 Å². The van der Waals surface area contributed by atoms with E-state index in [1.165, 1.54) is 45.0 Å². The molecule has 0 saturated carbocycles. The van der Waals surface area contributed by atoms with E-state index in [0.29, 0.717) is 93.8 Å². The number of phosphoric acid groups is 1. The van der Waals surface area contributed by atoms with Gasteiger partial charge in [0, 0.05) is 104 Å². The molecule has 3 fully saturated rings. The molecule has 5 heterocycles. The van der Waals surface area contributed by atoms with Crippen LogP contribution in [0.2, 0.25) is 0 Å². The largest absolute Gasteiger partial charge is 0.524 e. The number of aliphatic carboxylic acids is 2. The lowest BCUT2D eigenvalue weighted by molar-refractivity contribution is -0.231. The van der Waals surface area contributed by atoms with Crippen LogP contribution in [-0.2, 0) is 72.3 Å². The molecule has 0 radical (unpaired) electrons. The number of esters is 1. The number of benzene rings is 3. The van der Waals surface area contributed by atoms with Gasteiger partial charge in [0.2, 0.25) is 17.8 Å². The van der Waals surface area contributed by atoms with Gasteiger partial charge in [-0.15, -0.1) is 0 Å². The zero-order chi connectivity index (χ0) is 84.3. The van der Waals surface area contributed by atoms with Gasteiger partial charge in [0.05, 0.1) is 74.3 Å². The van der Waals surface area contributed by atoms with E-state index in [4.69, 9.17) is 18.7 Å². The van der Waals surface area contributed by atoms with Crippen molar-refractivity contribution >= 4 is 55.4 Å². The quantitative estimate of drug-likeness (QED) is 0.00485. The minimum absolute atomic E-state index is 0.0287. The second kappa shape index (κ2) is 37.4. The number of aromatic nitrogens is 4. The van der Waals surface area contributed by atoms with Crippen LogP contribution in [0.1, 0.15) is 151 Å². The lowest BCUT2D eigenvalue weighted by Gasteiger charge is -2.47. The van der Waals surface area contributed by atoms with Gasteiger partial charge in [-0.2, -0.15) is 40.2 Å². The number of carboxylic acid groups (broad SMARTS) is 2. The molecule has 5 aromatic rings. The van der Waals surface area contributed by atoms with Crippen molar-refractivity contribution in [1.82, 2.24) is 45.7 Å². The number of hydrogen-bond donors (Lipinski definition) is 7. The third kappa shape index (κ3) is 23.6. The first-order valence-corrected chi connectivity index (χ1v) is 38.0. The fourth-order valence-electron chi connectivity index (χ4n) is 14.9. The van der Waals surface area contributed by atoms with E-state index in [1.54, 1.807) is 24.5 Å². The van der Waals surface area contributed by atoms with Crippen molar-refractivity contribution < 1.29 is 121 Å². The summed E-state index contributed by atoms with van der Waals surface area (Å²) in [7, 11) is -3.90. The van der Waals surface area contributed by atoms with Crippen molar-refractivity contribution in [3.05, 3.63) is 136 Å². The number of alkyl carbamates (subject to hydrolysis) is 1. The molecule has 2 aromatic heterocycles. The number of Topliss-reactive ketones (excluding diaryl/α,β-unsaturated/α-hetero) is 1. The number of rotatable bonds is 37. The molecule has 3 amide bonds. The number of carbonyl (C=O) groups is 7. The smallest absolute Gasteiger partial charge is 0.481 e. The molecule has 26 nitrogen and oxygen atoms in total. The van der Waals surface area contributed by atoms with Gasteiger partial charge >= 0.3 is 50.7 Å². The molecule has 3 saturated heterocycles. The molecule has 2 unspecified atom stereocenters. The van der Waals surface area contributed by atoms with Gasteiger partial charge in [-0.3, -0.25) is 48.9 Å². The number of amides is 3. The van der Waals surface area contributed by atoms with Gasteiger partial charge in [-0.25, -0.2) is 37.8 Å². The number of allylic oxidation sites excluding steroid dienone is 1. The number of nitrogens with zero attached hydrogens (tertiary/aromatic N) is 7. The average Bonchev–Trinajstić information content (AvgIpc) is 0.921. The number of ether oxygens (including phenoxy) is 3. The summed E-state index contributed by atoms with van der Waals surface area (Å²) < 4.78 is 187. The Balaban J connectivity index is 1.27. The van der Waals surface area contributed by atoms with Crippen molar-refractivity contribution in [2.24, 2.45) is 28.6 Å². The third-order valence-electron chi connectivity index (χ3n) is 21.1. The summed E-state index contributed by atoms with van der Waals surface area (Å²) in [6.07, 6.45) is -11.7. The number of carboxylic acids is 2. The number of nitrogens with one attached hydrogen (secondary N) is 3. The van der Waals surface area contributed by atoms with Gasteiger partial charge in [-0.05, 0) is 136 Å². The molecule has 37 heteroatoms. The van der Waals surface area contributed by atoms with E-state index in [1.807, 2.05) is 5.32 Å². The van der Waals surface area contributed by atoms with Gasteiger partial charge < -0.3 is 44.5 Å². The Morgan fingerprint density at radius 3 is 1.87 bits per heavy atom. The SMILES string of the molecule is C=C(C[C@@H](CN(Cc1c(F)cc(-c2ccn(C(F)F)n2)cc1F)NC(=O)[C@@H](CC(=O)OC)C(C)(C)C(F)(F)F)[C@@H](CC(=O)[C@@H](NC(=O)OC)C(C)(C)C(F)(F)F)Cc1ccc(C#Cc2cnc(N3CC4CCC(C3)N4C3COC3)nc2)cc1)CC(C)(C)c1c(CC(=O)NC(CCC(=O)O)CCC(=O)O)cc(C)cc1OP(=O)(O)O. The van der Waals surface area contributed by atoms with Gasteiger partial charge in [0.25, 0.3) is 0 Å². The fraction of sp³-hybridized carbons (Fsp3) is 0.532. The van der Waals surface area contributed by atoms with Gasteiger partial charge in [-0.1, -0.05) is 69.9 Å². The summed E-state index contributed by atoms with van der Waals surface area (Å²) in [5.41, 5.74) is -5.90. The van der Waals surface area contributed by atoms with E-state index >= 15 is 44.7 Å². The zero-order valence-electron chi connectivity index (χ0n) is 64.1. The molecular formula is C77H93F10N10O16P. The predicted molar refractivity (Wildman–Crippen MR) is 391 cm³/mol. The van der Waals surface area contributed by atoms with E-state index < -0.39 is 201 Å². The minimum atomic E-state index is -5.53. The van der Waals surface area contributed by atoms with E-state index in [0.717, 1.165) is 57.4 Å². The number of fused-ring (bicyclic) bond motifs is 2. The minimum Gasteiger partial charge on any atom is -0.481 e. The van der Waals surface area contributed by atoms with Gasteiger partial charge in [0.15, 0.2) is 5.78 Å². The summed E-state index contributed by atoms with van der Waals surface area (Å²) in [4.78, 5) is 129. The molecule has 2 bridgehead atoms. The Hall–Kier alpha value is -9.53. The number of carbonyl (C=O) groups excluding carboxylic acids is 5. The fourth-order valence-corrected chi connectivity index (χ4v) is 15.3. The van der Waals surface area contributed by atoms with Crippen LogP contribution < -0.4 is 25.5 Å². The number of piperazine rings is 1. The molecule has 7 N–H and O–H groups in total. The van der Waals surface area contributed by atoms with Crippen molar-refractivity contribution in [1.29, 1.82) is 0 Å². The Morgan fingerprint density at radius 1 is 0.763 bits per heavy atom. The Kier molecular flexibility index (Phi) is 29.5. The number of ketones is 1. The zero-order valence-corrected chi connectivity index (χ0v) is 65.0. The number of methoxy groups -OCH3 is 2. The van der Waals surface area contributed by atoms with Crippen molar-refractivity contribution in [3.8, 4) is 28.8 Å². The molecule has 3 aliphatic heterocycles. The van der Waals surface area contributed by atoms with Crippen molar-refractivity contribution in [3.63, 3.8) is 0 Å². The summed E-state index contributed by atoms with van der Waals surface area (Å²) in [6, 6.07) is 8.71. The topological polar surface area (TPSA) is 344 Å². The lowest BCUT2D eigenvalue weighted by atomic mass is 9.72. The number of halogens is 10. The first-order chi connectivity index (χ1) is 53.2. The van der Waals surface area contributed by atoms with Gasteiger partial charge in [0.1, 0.15) is 23.4 Å². The van der Waals surface area contributed by atoms with E-state index in [2.05, 4.69) is 54.0 Å². The van der Waals surface area contributed by atoms with Crippen LogP contribution in [0.5, 0.6) is 5.75 Å². The van der Waals surface area contributed by atoms with Crippen molar-refractivity contribution in [2.45, 2.75) is 187 Å². The highest BCUT2D eigenvalue weighted by Gasteiger charge is 2.57. The number of hydrazine groups is 1. The maximum Gasteiger partial charge on any atom is 0.524 e. The molecule has 0 aliphatic carbocycles. The number of alkyl halides is 8. The number of phosphoric ester groups is 1. The summed E-state index contributed by atoms with van der Waals surface area (Å²) in [5, 5.41) is 28.0. The molecule has 622 valence electrons. The van der Waals surface area contributed by atoms with Crippen LogP contribution >= 0.6 is 7.82 Å². The summed E-state index contributed by atoms with van der Waals surface area (Å²) >= 11 is 0. The Labute approximate surface area is 651 Å². The molecule has 8 rings (SSSR count). The molecule has 0 spiro atoms. The maximum atomic E-state index is 17.0. The first-order valence-electron chi connectivity index (χ1n) is 36.4. The molecule has 3 aromatic carbocycles. The highest BCUT2D eigenvalue weighted by molar-refractivity contribution is 7.46. The van der Waals surface area contributed by atoms with Crippen LogP contribution in [0.3, 0.4) is 0 Å². The number of anilines is 1. The van der Waals surface area contributed by atoms with Crippen LogP contribution in [0.15, 0.2) is 85.3 Å². The molecule has 114 heavy (non-hydrogen) atoms. The second-order valence-corrected chi connectivity index (χ2v) is 32.0. The van der Waals surface area contributed by atoms with Crippen LogP contribution in [-0.4, -0.2) is 181 Å². The van der Waals surface area contributed by atoms with E-state index in [9.17, 15) is 57.3 Å². The van der Waals surface area contributed by atoms with E-state index in [-0.39, 0.29) is 51.9 Å². The lowest BCUT2D eigenvalue weighted by Crippen LogP contribution is -2.62. The molecule has 6 atom stereocenters. The first kappa shape index (κ1) is 90.0. The molecular weight excluding hydrogens is 1540 g/mol. The van der Waals surface area contributed by atoms with Crippen LogP contribution in [0, 0.1) is 59.0 Å². The predicted octanol–water partition coefficient (Wildman–Crippen LogP) is 11.7. The standard InChI is InChI=1S/C77H93F10N10O16P/c1-43-25-50(32-63(99)90-52(17-21-64(100)101)18-22-65(102)103)67(62(27-43)113-114(107,108)109)73(3,4)34-44(2)26-51(37-95(93-69(105)57(33-66(104)110-9)74(5,6)76(82,83)84)40-56-58(78)29-49(30-59(56)79)60-23-24-96(92-60)70(80)81)48(31-61(98)68(91-72(106)111-10)75(7,8)77(85,86)87)28-46-14-11-45(12-15-46)13-16-47-35-88-71(89-36-47)94-38-53-19-20-54(39-94)97(53)55-41-112-42-55/h11-12,14-15,23-25,27,29-30,35-36,48,51-55,57,68,70H,2,17-22,26,28,31-34,37-42H2,1,3-10H3,(H,90,99)(H,91,106)(H,93,105)(H,100,101)(H,102,103)(H2,107,108,109)/t48-,51+,53?,54?,57-,68-/m1/s1. The number of aryl methyl sites for hydroxylation is 1. The monoisotopic (exact) mass is 1630 g/mol. The third-order valence-corrected chi connectivity index (χ3v) is 21.5.